The minimum atomic E-state index is -0.335. The molecule has 1 aliphatic heterocycles. The quantitative estimate of drug-likeness (QED) is 0.649. The fourth-order valence-corrected chi connectivity index (χ4v) is 3.91. The molecular weight excluding hydrogens is 378 g/mol. The van der Waals surface area contributed by atoms with Gasteiger partial charge in [0.2, 0.25) is 0 Å². The van der Waals surface area contributed by atoms with E-state index < -0.39 is 0 Å². The number of rotatable bonds is 6. The maximum absolute atomic E-state index is 13.4. The van der Waals surface area contributed by atoms with Gasteiger partial charge < -0.3 is 14.5 Å². The van der Waals surface area contributed by atoms with Gasteiger partial charge in [-0.1, -0.05) is 30.9 Å². The fraction of sp³-hybridized carbons (Fsp3) is 0.167. The number of aromatic nitrogens is 2. The number of imidazole rings is 1. The van der Waals surface area contributed by atoms with E-state index in [2.05, 4.69) is 16.5 Å². The largest absolute Gasteiger partial charge is 0.493 e. The van der Waals surface area contributed by atoms with Crippen molar-refractivity contribution in [3.05, 3.63) is 84.2 Å². The second-order valence-corrected chi connectivity index (χ2v) is 6.87. The van der Waals surface area contributed by atoms with Crippen molar-refractivity contribution in [2.75, 3.05) is 19.1 Å². The SMILES string of the molecule is C=CC1=C(/C=C\C)[C@@H](c2ccc(OC)c(OC)c2)N(c2ccc3[nH]cnc3c2)C1=O. The number of nitrogens with zero attached hydrogens (tertiary/aromatic N) is 2. The van der Waals surface area contributed by atoms with Crippen molar-refractivity contribution in [1.29, 1.82) is 0 Å². The van der Waals surface area contributed by atoms with E-state index in [0.29, 0.717) is 17.1 Å². The topological polar surface area (TPSA) is 67.5 Å². The van der Waals surface area contributed by atoms with Crippen LogP contribution in [0.25, 0.3) is 11.0 Å². The molecule has 152 valence electrons. The molecule has 1 amide bonds. The van der Waals surface area contributed by atoms with Crippen molar-refractivity contribution in [2.45, 2.75) is 13.0 Å². The Morgan fingerprint density at radius 1 is 1.13 bits per heavy atom. The van der Waals surface area contributed by atoms with Gasteiger partial charge in [0, 0.05) is 11.3 Å². The molecule has 6 nitrogen and oxygen atoms in total. The van der Waals surface area contributed by atoms with Crippen molar-refractivity contribution < 1.29 is 14.3 Å². The van der Waals surface area contributed by atoms with Gasteiger partial charge in [0.25, 0.3) is 5.91 Å². The molecule has 2 heterocycles. The second kappa shape index (κ2) is 7.91. The Labute approximate surface area is 175 Å². The number of aromatic amines is 1. The summed E-state index contributed by atoms with van der Waals surface area (Å²) in [4.78, 5) is 22.6. The van der Waals surface area contributed by atoms with Crippen molar-refractivity contribution in [3.63, 3.8) is 0 Å². The number of carbonyl (C=O) groups is 1. The van der Waals surface area contributed by atoms with Crippen LogP contribution in [0.5, 0.6) is 11.5 Å². The van der Waals surface area contributed by atoms with E-state index in [0.717, 1.165) is 27.9 Å². The Balaban J connectivity index is 1.92. The highest BCUT2D eigenvalue weighted by Crippen LogP contribution is 2.44. The van der Waals surface area contributed by atoms with Gasteiger partial charge in [-0.25, -0.2) is 4.98 Å². The van der Waals surface area contributed by atoms with Crippen LogP contribution >= 0.6 is 0 Å². The van der Waals surface area contributed by atoms with Gasteiger partial charge in [-0.3, -0.25) is 9.69 Å². The standard InChI is InChI=1S/C24H23N3O3/c1-5-7-18-17(6-2)24(28)27(16-9-10-19-20(13-16)26-14-25-19)23(18)15-8-11-21(29-3)22(12-15)30-4/h5-14,23H,2H2,1,3-4H3,(H,25,26)/b7-5-/t23-/m1/s1. The molecule has 0 unspecified atom stereocenters. The lowest BCUT2D eigenvalue weighted by Crippen LogP contribution is -2.30. The molecule has 1 aliphatic rings. The Morgan fingerprint density at radius 2 is 1.93 bits per heavy atom. The van der Waals surface area contributed by atoms with E-state index in [4.69, 9.17) is 9.47 Å². The minimum absolute atomic E-state index is 0.104. The maximum Gasteiger partial charge on any atom is 0.259 e. The van der Waals surface area contributed by atoms with Gasteiger partial charge in [-0.2, -0.15) is 0 Å². The zero-order valence-corrected chi connectivity index (χ0v) is 17.2. The monoisotopic (exact) mass is 401 g/mol. The van der Waals surface area contributed by atoms with Gasteiger partial charge in [0.05, 0.1) is 37.6 Å². The average molecular weight is 401 g/mol. The number of anilines is 1. The molecular formula is C24H23N3O3. The smallest absolute Gasteiger partial charge is 0.259 e. The normalized spacial score (nSPS) is 16.7. The molecule has 0 aliphatic carbocycles. The summed E-state index contributed by atoms with van der Waals surface area (Å²) in [6.07, 6.45) is 7.16. The molecule has 0 saturated heterocycles. The van der Waals surface area contributed by atoms with E-state index in [1.165, 1.54) is 0 Å². The molecule has 0 spiro atoms. The van der Waals surface area contributed by atoms with Crippen LogP contribution in [-0.2, 0) is 4.79 Å². The number of carbonyl (C=O) groups excluding carboxylic acids is 1. The fourth-order valence-electron chi connectivity index (χ4n) is 3.91. The molecule has 0 saturated carbocycles. The number of ether oxygens (including phenoxy) is 2. The molecule has 1 atom stereocenters. The van der Waals surface area contributed by atoms with Crippen LogP contribution in [0.4, 0.5) is 5.69 Å². The van der Waals surface area contributed by atoms with Crippen LogP contribution < -0.4 is 14.4 Å². The van der Waals surface area contributed by atoms with Gasteiger partial charge in [-0.05, 0) is 48.4 Å². The molecule has 1 aromatic heterocycles. The van der Waals surface area contributed by atoms with Crippen molar-refractivity contribution in [1.82, 2.24) is 9.97 Å². The third kappa shape index (κ3) is 3.06. The Morgan fingerprint density at radius 3 is 2.63 bits per heavy atom. The van der Waals surface area contributed by atoms with E-state index in [-0.39, 0.29) is 11.9 Å². The summed E-state index contributed by atoms with van der Waals surface area (Å²) < 4.78 is 10.9. The number of benzene rings is 2. The summed E-state index contributed by atoms with van der Waals surface area (Å²) in [6, 6.07) is 11.1. The highest BCUT2D eigenvalue weighted by atomic mass is 16.5. The highest BCUT2D eigenvalue weighted by Gasteiger charge is 2.39. The number of amides is 1. The first-order chi connectivity index (χ1) is 14.6. The molecule has 0 fully saturated rings. The predicted molar refractivity (Wildman–Crippen MR) is 118 cm³/mol. The van der Waals surface area contributed by atoms with Crippen molar-refractivity contribution in [3.8, 4) is 11.5 Å². The van der Waals surface area contributed by atoms with E-state index >= 15 is 0 Å². The second-order valence-electron chi connectivity index (χ2n) is 6.87. The van der Waals surface area contributed by atoms with Gasteiger partial charge in [0.15, 0.2) is 11.5 Å². The number of H-pyrrole nitrogens is 1. The summed E-state index contributed by atoms with van der Waals surface area (Å²) in [7, 11) is 3.20. The van der Waals surface area contributed by atoms with E-state index in [9.17, 15) is 4.79 Å². The first-order valence-electron chi connectivity index (χ1n) is 9.60. The summed E-state index contributed by atoms with van der Waals surface area (Å²) in [5, 5.41) is 0. The Kier molecular flexibility index (Phi) is 5.14. The molecule has 4 rings (SSSR count). The Hall–Kier alpha value is -3.80. The zero-order valence-electron chi connectivity index (χ0n) is 17.2. The minimum Gasteiger partial charge on any atom is -0.493 e. The lowest BCUT2D eigenvalue weighted by Gasteiger charge is -2.27. The molecule has 0 bridgehead atoms. The number of nitrogens with one attached hydrogen (secondary N) is 1. The summed E-state index contributed by atoms with van der Waals surface area (Å²) in [5.41, 5.74) is 4.85. The van der Waals surface area contributed by atoms with Gasteiger partial charge in [0.1, 0.15) is 0 Å². The maximum atomic E-state index is 13.4. The van der Waals surface area contributed by atoms with Crippen LogP contribution in [0.1, 0.15) is 18.5 Å². The predicted octanol–water partition coefficient (Wildman–Crippen LogP) is 4.73. The first kappa shape index (κ1) is 19.5. The van der Waals surface area contributed by atoms with Gasteiger partial charge in [-0.15, -0.1) is 0 Å². The van der Waals surface area contributed by atoms with Crippen LogP contribution in [0.2, 0.25) is 0 Å². The third-order valence-corrected chi connectivity index (χ3v) is 5.27. The molecule has 3 aromatic rings. The third-order valence-electron chi connectivity index (χ3n) is 5.27. The molecule has 30 heavy (non-hydrogen) atoms. The molecule has 0 radical (unpaired) electrons. The van der Waals surface area contributed by atoms with Crippen LogP contribution in [0.15, 0.2) is 78.7 Å². The van der Waals surface area contributed by atoms with Gasteiger partial charge >= 0.3 is 0 Å². The highest BCUT2D eigenvalue weighted by molar-refractivity contribution is 6.13. The van der Waals surface area contributed by atoms with Crippen LogP contribution in [0.3, 0.4) is 0 Å². The lowest BCUT2D eigenvalue weighted by atomic mass is 9.96. The lowest BCUT2D eigenvalue weighted by molar-refractivity contribution is -0.114. The number of allylic oxidation sites excluding steroid dienone is 1. The van der Waals surface area contributed by atoms with E-state index in [1.807, 2.05) is 55.5 Å². The molecule has 1 N–H and O–H groups in total. The van der Waals surface area contributed by atoms with Crippen LogP contribution in [0, 0.1) is 0 Å². The van der Waals surface area contributed by atoms with E-state index in [1.54, 1.807) is 31.5 Å². The Bertz CT molecular complexity index is 1190. The van der Waals surface area contributed by atoms with Crippen molar-refractivity contribution >= 4 is 22.6 Å². The number of fused-ring (bicyclic) bond motifs is 1. The van der Waals surface area contributed by atoms with Crippen LogP contribution in [-0.4, -0.2) is 30.1 Å². The average Bonchev–Trinajstić information content (AvgIpc) is 3.34. The zero-order chi connectivity index (χ0) is 21.3. The summed E-state index contributed by atoms with van der Waals surface area (Å²) in [5.74, 6) is 1.14. The molecule has 2 aromatic carbocycles. The van der Waals surface area contributed by atoms with Crippen molar-refractivity contribution in [2.24, 2.45) is 0 Å². The summed E-state index contributed by atoms with van der Waals surface area (Å²) in [6.45, 7) is 5.82. The number of methoxy groups -OCH3 is 2. The molecule has 6 heteroatoms. The number of hydrogen-bond donors (Lipinski definition) is 1. The summed E-state index contributed by atoms with van der Waals surface area (Å²) >= 11 is 0. The number of hydrogen-bond acceptors (Lipinski definition) is 4. The first-order valence-corrected chi connectivity index (χ1v) is 9.60.